The first-order chi connectivity index (χ1) is 9.20. The molecule has 102 valence electrons. The summed E-state index contributed by atoms with van der Waals surface area (Å²) in [5.41, 5.74) is 6.39. The van der Waals surface area contributed by atoms with Crippen molar-refractivity contribution in [1.82, 2.24) is 9.97 Å². The lowest BCUT2D eigenvalue weighted by Crippen LogP contribution is -2.09. The zero-order chi connectivity index (χ0) is 13.7. The summed E-state index contributed by atoms with van der Waals surface area (Å²) in [6.07, 6.45) is 2.72. The third-order valence-electron chi connectivity index (χ3n) is 2.52. The fourth-order valence-corrected chi connectivity index (χ4v) is 2.22. The molecular formula is C13H18N4OS. The molecule has 0 spiro atoms. The molecule has 0 radical (unpaired) electrons. The van der Waals surface area contributed by atoms with Gasteiger partial charge < -0.3 is 15.8 Å². The number of pyridine rings is 1. The molecule has 2 heterocycles. The van der Waals surface area contributed by atoms with Crippen molar-refractivity contribution < 1.29 is 4.74 Å². The lowest BCUT2D eigenvalue weighted by molar-refractivity contribution is 0.307. The largest absolute Gasteiger partial charge is 0.476 e. The second-order valence-corrected chi connectivity index (χ2v) is 5.10. The van der Waals surface area contributed by atoms with E-state index in [-0.39, 0.29) is 6.04 Å². The summed E-state index contributed by atoms with van der Waals surface area (Å²) in [5, 5.41) is 6.27. The van der Waals surface area contributed by atoms with Crippen LogP contribution in [0.3, 0.4) is 0 Å². The average molecular weight is 278 g/mol. The molecule has 3 N–H and O–H groups in total. The molecule has 2 rings (SSSR count). The molecule has 0 bridgehead atoms. The Hall–Kier alpha value is -1.82. The van der Waals surface area contributed by atoms with Crippen LogP contribution in [-0.2, 0) is 0 Å². The molecular weight excluding hydrogens is 260 g/mol. The minimum Gasteiger partial charge on any atom is -0.476 e. The van der Waals surface area contributed by atoms with Gasteiger partial charge in [-0.15, -0.1) is 11.3 Å². The molecule has 0 saturated carbocycles. The zero-order valence-corrected chi connectivity index (χ0v) is 11.9. The first-order valence-corrected chi connectivity index (χ1v) is 7.14. The average Bonchev–Trinajstić information content (AvgIpc) is 2.93. The molecule has 6 heteroatoms. The van der Waals surface area contributed by atoms with E-state index >= 15 is 0 Å². The van der Waals surface area contributed by atoms with Gasteiger partial charge in [0.25, 0.3) is 0 Å². The molecule has 5 nitrogen and oxygen atoms in total. The van der Waals surface area contributed by atoms with Crippen LogP contribution in [0.25, 0.3) is 0 Å². The van der Waals surface area contributed by atoms with Crippen molar-refractivity contribution in [2.45, 2.75) is 26.3 Å². The molecule has 19 heavy (non-hydrogen) atoms. The van der Waals surface area contributed by atoms with Crippen LogP contribution in [0.4, 0.5) is 11.5 Å². The van der Waals surface area contributed by atoms with Crippen LogP contribution in [0, 0.1) is 0 Å². The Balaban J connectivity index is 2.08. The van der Waals surface area contributed by atoms with Gasteiger partial charge in [-0.25, -0.2) is 4.98 Å². The van der Waals surface area contributed by atoms with Crippen molar-refractivity contribution in [2.24, 2.45) is 0 Å². The number of aromatic nitrogens is 2. The van der Waals surface area contributed by atoms with Gasteiger partial charge in [0.05, 0.1) is 18.3 Å². The molecule has 1 atom stereocenters. The molecule has 0 saturated heterocycles. The Bertz CT molecular complexity index is 515. The van der Waals surface area contributed by atoms with Crippen LogP contribution in [0.15, 0.2) is 23.7 Å². The quantitative estimate of drug-likeness (QED) is 0.849. The highest BCUT2D eigenvalue weighted by Gasteiger charge is 2.10. The van der Waals surface area contributed by atoms with E-state index in [1.807, 2.05) is 25.3 Å². The van der Waals surface area contributed by atoms with E-state index in [0.717, 1.165) is 17.2 Å². The first-order valence-electron chi connectivity index (χ1n) is 6.26. The Morgan fingerprint density at radius 3 is 3.00 bits per heavy atom. The molecule has 1 unspecified atom stereocenters. The fourth-order valence-electron chi connectivity index (χ4n) is 1.58. The van der Waals surface area contributed by atoms with E-state index < -0.39 is 0 Å². The van der Waals surface area contributed by atoms with Crippen LogP contribution >= 0.6 is 11.3 Å². The van der Waals surface area contributed by atoms with Gasteiger partial charge in [-0.2, -0.15) is 4.98 Å². The lowest BCUT2D eigenvalue weighted by atomic mass is 10.3. The first kappa shape index (κ1) is 13.6. The van der Waals surface area contributed by atoms with E-state index in [9.17, 15) is 0 Å². The van der Waals surface area contributed by atoms with Gasteiger partial charge in [0.1, 0.15) is 10.8 Å². The Morgan fingerprint density at radius 1 is 1.47 bits per heavy atom. The molecule has 2 aromatic heterocycles. The van der Waals surface area contributed by atoms with E-state index in [0.29, 0.717) is 18.2 Å². The maximum absolute atomic E-state index is 5.83. The summed E-state index contributed by atoms with van der Waals surface area (Å²) in [5.74, 6) is 1.22. The maximum Gasteiger partial charge on any atom is 0.239 e. The number of hydrogen-bond acceptors (Lipinski definition) is 6. The zero-order valence-electron chi connectivity index (χ0n) is 11.1. The van der Waals surface area contributed by atoms with E-state index in [4.69, 9.17) is 10.5 Å². The predicted molar refractivity (Wildman–Crippen MR) is 78.6 cm³/mol. The number of nitrogens with two attached hydrogens (primary N) is 1. The highest BCUT2D eigenvalue weighted by molar-refractivity contribution is 7.09. The standard InChI is InChI=1S/C13H18N4OS/c1-3-7-18-12-10(14)4-5-11(17-12)16-9(2)13-15-6-8-19-13/h4-6,8-9H,3,7,14H2,1-2H3,(H,16,17). The second-order valence-electron chi connectivity index (χ2n) is 4.18. The normalized spacial score (nSPS) is 12.1. The van der Waals surface area contributed by atoms with Crippen molar-refractivity contribution in [3.63, 3.8) is 0 Å². The Kier molecular flexibility index (Phi) is 4.57. The van der Waals surface area contributed by atoms with Crippen molar-refractivity contribution in [3.8, 4) is 5.88 Å². The number of thiazole rings is 1. The van der Waals surface area contributed by atoms with Gasteiger partial charge in [-0.1, -0.05) is 6.92 Å². The predicted octanol–water partition coefficient (Wildman–Crippen LogP) is 3.08. The topological polar surface area (TPSA) is 73.1 Å². The second kappa shape index (κ2) is 6.38. The molecule has 2 aromatic rings. The summed E-state index contributed by atoms with van der Waals surface area (Å²) >= 11 is 1.61. The highest BCUT2D eigenvalue weighted by atomic mass is 32.1. The van der Waals surface area contributed by atoms with E-state index in [1.54, 1.807) is 23.6 Å². The molecule has 0 aromatic carbocycles. The van der Waals surface area contributed by atoms with Crippen LogP contribution in [0.5, 0.6) is 5.88 Å². The Morgan fingerprint density at radius 2 is 2.32 bits per heavy atom. The number of rotatable bonds is 6. The smallest absolute Gasteiger partial charge is 0.239 e. The number of nitrogens with one attached hydrogen (secondary N) is 1. The molecule has 0 aliphatic carbocycles. The maximum atomic E-state index is 5.83. The van der Waals surface area contributed by atoms with Crippen molar-refractivity contribution >= 4 is 22.8 Å². The van der Waals surface area contributed by atoms with Crippen molar-refractivity contribution in [1.29, 1.82) is 0 Å². The molecule has 0 fully saturated rings. The van der Waals surface area contributed by atoms with Gasteiger partial charge in [0, 0.05) is 11.6 Å². The van der Waals surface area contributed by atoms with Crippen molar-refractivity contribution in [3.05, 3.63) is 28.7 Å². The summed E-state index contributed by atoms with van der Waals surface area (Å²) in [6, 6.07) is 3.75. The minimum atomic E-state index is 0.107. The highest BCUT2D eigenvalue weighted by Crippen LogP contribution is 2.24. The number of ether oxygens (including phenoxy) is 1. The summed E-state index contributed by atoms with van der Waals surface area (Å²) in [4.78, 5) is 8.65. The third-order valence-corrected chi connectivity index (χ3v) is 3.48. The number of nitrogens with zero attached hydrogens (tertiary/aromatic N) is 2. The third kappa shape index (κ3) is 3.57. The van der Waals surface area contributed by atoms with Crippen molar-refractivity contribution in [2.75, 3.05) is 17.7 Å². The lowest BCUT2D eigenvalue weighted by Gasteiger charge is -2.14. The van der Waals surface area contributed by atoms with E-state index in [1.165, 1.54) is 0 Å². The number of nitrogen functional groups attached to an aromatic ring is 1. The van der Waals surface area contributed by atoms with Gasteiger partial charge in [-0.3, -0.25) is 0 Å². The van der Waals surface area contributed by atoms with Gasteiger partial charge in [0.2, 0.25) is 5.88 Å². The van der Waals surface area contributed by atoms with Gasteiger partial charge in [0.15, 0.2) is 0 Å². The van der Waals surface area contributed by atoms with Crippen LogP contribution in [-0.4, -0.2) is 16.6 Å². The molecule has 0 amide bonds. The van der Waals surface area contributed by atoms with Crippen LogP contribution in [0.2, 0.25) is 0 Å². The molecule has 0 aliphatic heterocycles. The number of hydrogen-bond donors (Lipinski definition) is 2. The van der Waals surface area contributed by atoms with Crippen LogP contribution in [0.1, 0.15) is 31.3 Å². The van der Waals surface area contributed by atoms with Crippen LogP contribution < -0.4 is 15.8 Å². The monoisotopic (exact) mass is 278 g/mol. The number of anilines is 2. The SMILES string of the molecule is CCCOc1nc(NC(C)c2nccs2)ccc1N. The van der Waals surface area contributed by atoms with E-state index in [2.05, 4.69) is 15.3 Å². The Labute approximate surface area is 116 Å². The fraction of sp³-hybridized carbons (Fsp3) is 0.385. The van der Waals surface area contributed by atoms with Gasteiger partial charge >= 0.3 is 0 Å². The minimum absolute atomic E-state index is 0.107. The summed E-state index contributed by atoms with van der Waals surface area (Å²) < 4.78 is 5.51. The summed E-state index contributed by atoms with van der Waals surface area (Å²) in [7, 11) is 0. The molecule has 0 aliphatic rings. The summed E-state index contributed by atoms with van der Waals surface area (Å²) in [6.45, 7) is 4.70. The van der Waals surface area contributed by atoms with Gasteiger partial charge in [-0.05, 0) is 25.5 Å².